The van der Waals surface area contributed by atoms with Gasteiger partial charge in [-0.2, -0.15) is 23.5 Å². The molecule has 0 N–H and O–H groups in total. The van der Waals surface area contributed by atoms with E-state index in [4.69, 9.17) is 16.9 Å². The molecule has 0 bridgehead atoms. The molecule has 3 aliphatic rings. The maximum atomic E-state index is 13.5. The molecule has 0 spiro atoms. The molecule has 4 rings (SSSR count). The van der Waals surface area contributed by atoms with E-state index in [2.05, 4.69) is 5.10 Å². The van der Waals surface area contributed by atoms with Crippen molar-refractivity contribution in [2.75, 3.05) is 20.1 Å². The van der Waals surface area contributed by atoms with E-state index in [1.165, 1.54) is 23.2 Å². The van der Waals surface area contributed by atoms with Crippen LogP contribution in [0.15, 0.2) is 47.2 Å². The smallest absolute Gasteiger partial charge is 0.339 e. The predicted molar refractivity (Wildman–Crippen MR) is 109 cm³/mol. The molecule has 6 nitrogen and oxygen atoms in total. The maximum absolute atomic E-state index is 13.5. The molecule has 1 aromatic rings. The first-order chi connectivity index (χ1) is 14.7. The summed E-state index contributed by atoms with van der Waals surface area (Å²) in [7, 11) is 1.68. The van der Waals surface area contributed by atoms with Gasteiger partial charge >= 0.3 is 6.18 Å². The van der Waals surface area contributed by atoms with E-state index in [1.54, 1.807) is 35.2 Å². The summed E-state index contributed by atoms with van der Waals surface area (Å²) in [4.78, 5) is 16.5. The summed E-state index contributed by atoms with van der Waals surface area (Å²) in [6, 6.07) is 6.29. The van der Waals surface area contributed by atoms with Crippen LogP contribution in [0.3, 0.4) is 0 Å². The Kier molecular flexibility index (Phi) is 5.43. The first-order valence-electron chi connectivity index (χ1n) is 9.75. The van der Waals surface area contributed by atoms with Gasteiger partial charge in [0.25, 0.3) is 5.91 Å². The van der Waals surface area contributed by atoms with Crippen LogP contribution in [0.5, 0.6) is 0 Å². The van der Waals surface area contributed by atoms with Crippen molar-refractivity contribution in [1.82, 2.24) is 14.8 Å². The molecule has 1 fully saturated rings. The molecule has 162 valence electrons. The number of hydrogen-bond acceptors (Lipinski definition) is 5. The number of piperidine rings is 1. The van der Waals surface area contributed by atoms with Gasteiger partial charge in [0.1, 0.15) is 6.07 Å². The fourth-order valence-electron chi connectivity index (χ4n) is 4.29. The number of nitriles is 1. The Morgan fingerprint density at radius 1 is 1.26 bits per heavy atom. The average molecular weight is 450 g/mol. The highest BCUT2D eigenvalue weighted by Gasteiger charge is 2.42. The largest absolute Gasteiger partial charge is 0.418 e. The monoisotopic (exact) mass is 449 g/mol. The van der Waals surface area contributed by atoms with Gasteiger partial charge in [0.05, 0.1) is 16.2 Å². The third kappa shape index (κ3) is 3.88. The van der Waals surface area contributed by atoms with Crippen LogP contribution in [0.4, 0.5) is 13.2 Å². The Morgan fingerprint density at radius 3 is 2.61 bits per heavy atom. The molecule has 10 heteroatoms. The number of amidine groups is 1. The normalized spacial score (nSPS) is 21.5. The number of nitrogens with zero attached hydrogens (tertiary/aromatic N) is 5. The van der Waals surface area contributed by atoms with E-state index < -0.39 is 17.9 Å². The quantitative estimate of drug-likeness (QED) is 0.686. The molecule has 1 aromatic carbocycles. The summed E-state index contributed by atoms with van der Waals surface area (Å²) >= 11 is 5.86. The van der Waals surface area contributed by atoms with Gasteiger partial charge in [0, 0.05) is 26.3 Å². The van der Waals surface area contributed by atoms with Crippen LogP contribution in [0.1, 0.15) is 29.9 Å². The fraction of sp³-hybridized carbons (Fsp3) is 0.381. The topological polar surface area (TPSA) is 62.9 Å². The number of rotatable bonds is 2. The number of carbonyl (C=O) groups excluding carboxylic acids is 1. The highest BCUT2D eigenvalue weighted by molar-refractivity contribution is 6.31. The minimum absolute atomic E-state index is 0.179. The van der Waals surface area contributed by atoms with Crippen molar-refractivity contribution >= 4 is 23.3 Å². The highest BCUT2D eigenvalue weighted by Crippen LogP contribution is 2.42. The predicted octanol–water partition coefficient (Wildman–Crippen LogP) is 3.93. The summed E-state index contributed by atoms with van der Waals surface area (Å²) in [5.41, 5.74) is -0.200. The average Bonchev–Trinajstić information content (AvgIpc) is 3.07. The van der Waals surface area contributed by atoms with Crippen LogP contribution in [-0.2, 0) is 11.0 Å². The third-order valence-corrected chi connectivity index (χ3v) is 6.07. The van der Waals surface area contributed by atoms with Crippen LogP contribution in [0.2, 0.25) is 5.02 Å². The lowest BCUT2D eigenvalue weighted by Crippen LogP contribution is -2.53. The molecule has 0 radical (unpaired) electrons. The van der Waals surface area contributed by atoms with E-state index in [0.29, 0.717) is 37.3 Å². The van der Waals surface area contributed by atoms with Crippen LogP contribution in [0, 0.1) is 11.3 Å². The van der Waals surface area contributed by atoms with Gasteiger partial charge in [0.2, 0.25) is 6.17 Å². The Balaban J connectivity index is 1.49. The van der Waals surface area contributed by atoms with Crippen molar-refractivity contribution < 1.29 is 18.0 Å². The first kappa shape index (κ1) is 21.2. The van der Waals surface area contributed by atoms with Gasteiger partial charge in [-0.3, -0.25) is 14.7 Å². The number of hydrogen-bond donors (Lipinski definition) is 0. The number of allylic oxidation sites excluding steroid dienone is 2. The molecule has 1 unspecified atom stereocenters. The van der Waals surface area contributed by atoms with Crippen LogP contribution in [0.25, 0.3) is 0 Å². The number of benzene rings is 1. The first-order valence-corrected chi connectivity index (χ1v) is 10.1. The molecule has 1 atom stereocenters. The molecular weight excluding hydrogens is 431 g/mol. The van der Waals surface area contributed by atoms with Crippen molar-refractivity contribution in [2.24, 2.45) is 5.10 Å². The maximum Gasteiger partial charge on any atom is 0.418 e. The SMILES string of the molecule is CN1N=C2C=CC(C#N)=CN2C1C(=O)N1CCC(c2cccc(Cl)c2C(F)(F)F)CC1. The second-order valence-electron chi connectivity index (χ2n) is 7.64. The Hall–Kier alpha value is -2.99. The number of hydrazone groups is 1. The number of likely N-dealkylation sites (tertiary alicyclic amines) is 1. The summed E-state index contributed by atoms with van der Waals surface area (Å²) in [6.45, 7) is 0.650. The fourth-order valence-corrected chi connectivity index (χ4v) is 4.57. The Bertz CT molecular complexity index is 1030. The van der Waals surface area contributed by atoms with Crippen molar-refractivity contribution in [2.45, 2.75) is 31.1 Å². The van der Waals surface area contributed by atoms with Crippen molar-refractivity contribution in [3.05, 3.63) is 58.3 Å². The summed E-state index contributed by atoms with van der Waals surface area (Å²) in [6.07, 6.45) is 0.428. The number of halogens is 4. The van der Waals surface area contributed by atoms with Gasteiger partial charge < -0.3 is 4.90 Å². The number of likely N-dealkylation sites (N-methyl/N-ethyl adjacent to an activating group) is 1. The van der Waals surface area contributed by atoms with E-state index in [9.17, 15) is 18.0 Å². The number of fused-ring (bicyclic) bond motifs is 1. The molecule has 0 aliphatic carbocycles. The van der Waals surface area contributed by atoms with Gasteiger partial charge in [-0.05, 0) is 42.5 Å². The number of amides is 1. The zero-order chi connectivity index (χ0) is 22.3. The molecule has 1 amide bonds. The third-order valence-electron chi connectivity index (χ3n) is 5.76. The minimum Gasteiger partial charge on any atom is -0.339 e. The van der Waals surface area contributed by atoms with E-state index in [0.717, 1.165) is 0 Å². The summed E-state index contributed by atoms with van der Waals surface area (Å²) in [5.74, 6) is 0.0182. The molecule has 0 aromatic heterocycles. The van der Waals surface area contributed by atoms with Crippen LogP contribution >= 0.6 is 11.6 Å². The minimum atomic E-state index is -4.53. The molecule has 0 saturated carbocycles. The lowest BCUT2D eigenvalue weighted by molar-refractivity contribution is -0.141. The molecule has 1 saturated heterocycles. The molecule has 3 aliphatic heterocycles. The van der Waals surface area contributed by atoms with Crippen molar-refractivity contribution in [3.8, 4) is 6.07 Å². The van der Waals surface area contributed by atoms with E-state index in [1.807, 2.05) is 6.07 Å². The van der Waals surface area contributed by atoms with E-state index in [-0.39, 0.29) is 22.4 Å². The van der Waals surface area contributed by atoms with Gasteiger partial charge in [-0.1, -0.05) is 23.7 Å². The Labute approximate surface area is 182 Å². The summed E-state index contributed by atoms with van der Waals surface area (Å²) < 4.78 is 40.6. The zero-order valence-electron chi connectivity index (χ0n) is 16.6. The lowest BCUT2D eigenvalue weighted by atomic mass is 9.86. The number of carbonyl (C=O) groups is 1. The highest BCUT2D eigenvalue weighted by atomic mass is 35.5. The Morgan fingerprint density at radius 2 is 1.97 bits per heavy atom. The van der Waals surface area contributed by atoms with E-state index >= 15 is 0 Å². The van der Waals surface area contributed by atoms with Gasteiger partial charge in [0.15, 0.2) is 5.84 Å². The number of alkyl halides is 3. The van der Waals surface area contributed by atoms with Crippen LogP contribution < -0.4 is 0 Å². The summed E-state index contributed by atoms with van der Waals surface area (Å²) in [5, 5.41) is 14.7. The lowest BCUT2D eigenvalue weighted by Gasteiger charge is -2.37. The molecule has 3 heterocycles. The second-order valence-corrected chi connectivity index (χ2v) is 8.05. The van der Waals surface area contributed by atoms with Crippen LogP contribution in [-0.4, -0.2) is 52.9 Å². The standard InChI is InChI=1S/C21H19ClF3N5O/c1-28-19(30-12-13(11-26)5-6-17(30)27-28)20(31)29-9-7-14(8-10-29)15-3-2-4-16(22)18(15)21(23,24)25/h2-6,12,14,19H,7-10H2,1H3. The molecular formula is C21H19ClF3N5O. The molecule has 31 heavy (non-hydrogen) atoms. The zero-order valence-corrected chi connectivity index (χ0v) is 17.4. The van der Waals surface area contributed by atoms with Crippen molar-refractivity contribution in [3.63, 3.8) is 0 Å². The van der Waals surface area contributed by atoms with Gasteiger partial charge in [-0.25, -0.2) is 0 Å². The van der Waals surface area contributed by atoms with Crippen molar-refractivity contribution in [1.29, 1.82) is 5.26 Å². The van der Waals surface area contributed by atoms with Gasteiger partial charge in [-0.15, -0.1) is 0 Å². The second kappa shape index (κ2) is 7.93.